The number of carbonyl (C=O) groups is 2. The molecule has 2 aromatic carbocycles. The number of hydrogen-bond donors (Lipinski definition) is 2. The minimum Gasteiger partial charge on any atom is -0.461 e. The van der Waals surface area contributed by atoms with Gasteiger partial charge in [0.15, 0.2) is 0 Å². The number of sulfonamides is 1. The van der Waals surface area contributed by atoms with Crippen molar-refractivity contribution in [1.29, 1.82) is 0 Å². The Labute approximate surface area is 255 Å². The highest BCUT2D eigenvalue weighted by molar-refractivity contribution is 7.92. The molecule has 1 saturated carbocycles. The molecule has 0 spiro atoms. The maximum Gasteiger partial charge on any atom is 0.293 e. The molecule has 2 aliphatic rings. The molecule has 0 bridgehead atoms. The summed E-state index contributed by atoms with van der Waals surface area (Å²) in [6.07, 6.45) is 9.45. The van der Waals surface area contributed by atoms with Crippen LogP contribution in [-0.2, 0) is 38.9 Å². The van der Waals surface area contributed by atoms with E-state index in [2.05, 4.69) is 17.6 Å². The van der Waals surface area contributed by atoms with Crippen LogP contribution in [0.15, 0.2) is 48.7 Å². The summed E-state index contributed by atoms with van der Waals surface area (Å²) in [4.78, 5) is 25.7. The molecule has 5 rings (SSSR count). The van der Waals surface area contributed by atoms with Crippen LogP contribution in [0.2, 0.25) is 0 Å². The van der Waals surface area contributed by atoms with Gasteiger partial charge in [0.1, 0.15) is 6.10 Å². The summed E-state index contributed by atoms with van der Waals surface area (Å²) < 4.78 is 35.5. The lowest BCUT2D eigenvalue weighted by Gasteiger charge is -2.30. The number of carbonyl (C=O) groups excluding carboxylic acids is 2. The zero-order valence-electron chi connectivity index (χ0n) is 25.3. The Bertz CT molecular complexity index is 1520. The van der Waals surface area contributed by atoms with E-state index in [9.17, 15) is 18.0 Å². The van der Waals surface area contributed by atoms with Crippen molar-refractivity contribution in [2.24, 2.45) is 0 Å². The molecule has 232 valence electrons. The van der Waals surface area contributed by atoms with E-state index in [-0.39, 0.29) is 18.2 Å². The second-order valence-corrected chi connectivity index (χ2v) is 13.8. The zero-order chi connectivity index (χ0) is 30.4. The van der Waals surface area contributed by atoms with E-state index in [0.717, 1.165) is 47.7 Å². The number of aryl methyl sites for hydroxylation is 2. The standard InChI is InChI=1S/C33H44N4O5S/c1-3-11-25-22-36-16-17-43(40,41)37(4-2)30-20-26(19-28(25)32(30)36)33(39)35-29(18-24-12-7-5-8-13-24)31(42-23-38)21-34-27-14-9-6-10-15-27/h5,7-8,12-13,19-20,22-23,27,29,31,34H,3-4,6,9-11,14-18,21H2,1-2H3,(H,35,39)/t29-,31+/m0/s1. The van der Waals surface area contributed by atoms with Gasteiger partial charge in [-0.15, -0.1) is 0 Å². The molecule has 0 radical (unpaired) electrons. The lowest BCUT2D eigenvalue weighted by molar-refractivity contribution is -0.134. The van der Waals surface area contributed by atoms with Crippen LogP contribution in [0.5, 0.6) is 0 Å². The Balaban J connectivity index is 1.50. The summed E-state index contributed by atoms with van der Waals surface area (Å²) in [6.45, 7) is 5.46. The second kappa shape index (κ2) is 13.9. The van der Waals surface area contributed by atoms with Gasteiger partial charge in [-0.1, -0.05) is 62.9 Å². The monoisotopic (exact) mass is 608 g/mol. The predicted molar refractivity (Wildman–Crippen MR) is 170 cm³/mol. The second-order valence-electron chi connectivity index (χ2n) is 11.8. The molecule has 2 N–H and O–H groups in total. The van der Waals surface area contributed by atoms with E-state index >= 15 is 0 Å². The number of nitrogens with one attached hydrogen (secondary N) is 2. The fourth-order valence-corrected chi connectivity index (χ4v) is 8.12. The van der Waals surface area contributed by atoms with E-state index < -0.39 is 22.2 Å². The highest BCUT2D eigenvalue weighted by Crippen LogP contribution is 2.36. The number of amides is 1. The number of nitrogens with zero attached hydrogens (tertiary/aromatic N) is 2. The van der Waals surface area contributed by atoms with Gasteiger partial charge in [-0.2, -0.15) is 0 Å². The van der Waals surface area contributed by atoms with Crippen molar-refractivity contribution < 1.29 is 22.7 Å². The average Bonchev–Trinajstić information content (AvgIpc) is 3.31. The van der Waals surface area contributed by atoms with Gasteiger partial charge < -0.3 is 19.9 Å². The van der Waals surface area contributed by atoms with Gasteiger partial charge in [0, 0.05) is 42.8 Å². The molecular formula is C33H44N4O5S. The molecule has 0 saturated heterocycles. The van der Waals surface area contributed by atoms with Gasteiger partial charge in [-0.3, -0.25) is 13.9 Å². The topological polar surface area (TPSA) is 110 Å². The summed E-state index contributed by atoms with van der Waals surface area (Å²) in [7, 11) is -3.55. The highest BCUT2D eigenvalue weighted by atomic mass is 32.2. The predicted octanol–water partition coefficient (Wildman–Crippen LogP) is 4.57. The maximum absolute atomic E-state index is 14.1. The SMILES string of the molecule is CCCc1cn2c3c(cc(C(=O)N[C@@H](Cc4ccccc4)[C@@H](CNC4CCCCC4)OC=O)cc13)N(CC)S(=O)(=O)CC2. The van der Waals surface area contributed by atoms with Gasteiger partial charge in [-0.05, 0) is 55.9 Å². The molecule has 1 amide bonds. The molecule has 10 heteroatoms. The summed E-state index contributed by atoms with van der Waals surface area (Å²) in [5.74, 6) is -0.325. The first kappa shape index (κ1) is 31.1. The lowest BCUT2D eigenvalue weighted by Crippen LogP contribution is -2.51. The molecule has 2 heterocycles. The molecule has 43 heavy (non-hydrogen) atoms. The Hall–Kier alpha value is -3.37. The third-order valence-corrected chi connectivity index (χ3v) is 10.6. The van der Waals surface area contributed by atoms with Gasteiger partial charge in [0.25, 0.3) is 12.4 Å². The molecule has 1 fully saturated rings. The molecule has 2 atom stereocenters. The quantitative estimate of drug-likeness (QED) is 0.275. The summed E-state index contributed by atoms with van der Waals surface area (Å²) in [5, 5.41) is 7.66. The molecule has 0 unspecified atom stereocenters. The third kappa shape index (κ3) is 7.07. The van der Waals surface area contributed by atoms with E-state index in [1.807, 2.05) is 54.1 Å². The first-order chi connectivity index (χ1) is 20.8. The number of anilines is 1. The van der Waals surface area contributed by atoms with Crippen LogP contribution < -0.4 is 14.9 Å². The van der Waals surface area contributed by atoms with E-state index in [1.54, 1.807) is 6.07 Å². The van der Waals surface area contributed by atoms with Crippen molar-refractivity contribution in [3.05, 3.63) is 65.4 Å². The van der Waals surface area contributed by atoms with Crippen molar-refractivity contribution in [2.45, 2.75) is 89.9 Å². The number of rotatable bonds is 13. The fraction of sp³-hybridized carbons (Fsp3) is 0.515. The lowest BCUT2D eigenvalue weighted by atomic mass is 9.94. The zero-order valence-corrected chi connectivity index (χ0v) is 26.1. The summed E-state index contributed by atoms with van der Waals surface area (Å²) in [6, 6.07) is 13.3. The maximum atomic E-state index is 14.1. The first-order valence-electron chi connectivity index (χ1n) is 15.7. The molecule has 9 nitrogen and oxygen atoms in total. The molecule has 1 aliphatic carbocycles. The van der Waals surface area contributed by atoms with Crippen molar-refractivity contribution >= 4 is 39.0 Å². The highest BCUT2D eigenvalue weighted by Gasteiger charge is 2.31. The van der Waals surface area contributed by atoms with Gasteiger partial charge in [0.2, 0.25) is 10.0 Å². The van der Waals surface area contributed by atoms with Crippen molar-refractivity contribution in [2.75, 3.05) is 23.1 Å². The first-order valence-corrected chi connectivity index (χ1v) is 17.3. The van der Waals surface area contributed by atoms with E-state index in [0.29, 0.717) is 43.3 Å². The Morgan fingerprint density at radius 1 is 1.12 bits per heavy atom. The van der Waals surface area contributed by atoms with Crippen LogP contribution in [0.25, 0.3) is 10.9 Å². The largest absolute Gasteiger partial charge is 0.461 e. The van der Waals surface area contributed by atoms with Crippen molar-refractivity contribution in [1.82, 2.24) is 15.2 Å². The van der Waals surface area contributed by atoms with Gasteiger partial charge in [-0.25, -0.2) is 8.42 Å². The number of hydrogen-bond acceptors (Lipinski definition) is 6. The fourth-order valence-electron chi connectivity index (χ4n) is 6.64. The number of aromatic nitrogens is 1. The molecule has 1 aromatic heterocycles. The Morgan fingerprint density at radius 2 is 1.88 bits per heavy atom. The number of benzene rings is 2. The van der Waals surface area contributed by atoms with Crippen LogP contribution in [-0.4, -0.2) is 62.4 Å². The molecular weight excluding hydrogens is 564 g/mol. The molecule has 1 aliphatic heterocycles. The normalized spacial score (nSPS) is 18.1. The van der Waals surface area contributed by atoms with Gasteiger partial charge >= 0.3 is 0 Å². The van der Waals surface area contributed by atoms with Crippen LogP contribution in [0.4, 0.5) is 5.69 Å². The van der Waals surface area contributed by atoms with E-state index in [1.165, 1.54) is 23.6 Å². The van der Waals surface area contributed by atoms with Crippen LogP contribution in [0.3, 0.4) is 0 Å². The summed E-state index contributed by atoms with van der Waals surface area (Å²) >= 11 is 0. The van der Waals surface area contributed by atoms with Crippen molar-refractivity contribution in [3.8, 4) is 0 Å². The van der Waals surface area contributed by atoms with Crippen LogP contribution >= 0.6 is 0 Å². The Kier molecular flexibility index (Phi) is 10.1. The summed E-state index contributed by atoms with van der Waals surface area (Å²) in [5.41, 5.74) is 3.88. The third-order valence-electron chi connectivity index (χ3n) is 8.80. The Morgan fingerprint density at radius 3 is 2.58 bits per heavy atom. The minimum atomic E-state index is -3.55. The minimum absolute atomic E-state index is 0.00422. The smallest absolute Gasteiger partial charge is 0.293 e. The number of ether oxygens (including phenoxy) is 1. The molecule has 3 aromatic rings. The average molecular weight is 609 g/mol. The van der Waals surface area contributed by atoms with Crippen LogP contribution in [0.1, 0.15) is 73.9 Å². The van der Waals surface area contributed by atoms with Crippen LogP contribution in [0, 0.1) is 0 Å². The van der Waals surface area contributed by atoms with Gasteiger partial charge in [0.05, 0.1) is 23.0 Å². The van der Waals surface area contributed by atoms with Crippen molar-refractivity contribution in [3.63, 3.8) is 0 Å². The van der Waals surface area contributed by atoms with E-state index in [4.69, 9.17) is 4.74 Å².